The van der Waals surface area contributed by atoms with Gasteiger partial charge in [-0.25, -0.2) is 4.79 Å². The first-order valence-corrected chi connectivity index (χ1v) is 18.4. The number of amides is 5. The number of carboxylic acid groups (broad SMARTS) is 1. The molecule has 0 unspecified atom stereocenters. The number of aromatic hydroxyl groups is 1. The van der Waals surface area contributed by atoms with Gasteiger partial charge < -0.3 is 54.0 Å². The molecule has 16 heteroatoms. The zero-order valence-electron chi connectivity index (χ0n) is 31.4. The third-order valence-corrected chi connectivity index (χ3v) is 8.44. The molecule has 0 aliphatic rings. The van der Waals surface area contributed by atoms with E-state index in [1.165, 1.54) is 25.1 Å². The molecule has 298 valence electrons. The molecule has 0 spiro atoms. The number of phenols is 1. The van der Waals surface area contributed by atoms with Crippen molar-refractivity contribution < 1.29 is 39.0 Å². The normalized spacial score (nSPS) is 14.5. The van der Waals surface area contributed by atoms with Crippen molar-refractivity contribution in [1.29, 1.82) is 0 Å². The summed E-state index contributed by atoms with van der Waals surface area (Å²) in [6, 6.07) is -0.670. The number of rotatable bonds is 27. The van der Waals surface area contributed by atoms with Crippen molar-refractivity contribution in [2.24, 2.45) is 23.1 Å². The lowest BCUT2D eigenvalue weighted by Crippen LogP contribution is -2.59. The van der Waals surface area contributed by atoms with Crippen LogP contribution in [-0.2, 0) is 35.2 Å². The Morgan fingerprint density at radius 3 is 1.55 bits per heavy atom. The summed E-state index contributed by atoms with van der Waals surface area (Å²) in [6.45, 7) is 9.75. The summed E-state index contributed by atoms with van der Waals surface area (Å²) in [4.78, 5) is 79.0. The lowest BCUT2D eigenvalue weighted by atomic mass is 10.0. The maximum absolute atomic E-state index is 13.8. The molecule has 0 saturated carbocycles. The molecule has 1 aromatic rings. The zero-order chi connectivity index (χ0) is 39.9. The molecule has 0 aliphatic heterocycles. The molecule has 0 saturated heterocycles. The van der Waals surface area contributed by atoms with E-state index in [1.807, 2.05) is 13.8 Å². The number of nitrogens with two attached hydrogens (primary N) is 3. The van der Waals surface area contributed by atoms with Crippen LogP contribution < -0.4 is 43.8 Å². The standard InChI is InChI=1S/C37H62N8O8/c1-5-12-27(33(48)44-30(22-25-15-17-26(46)18-16-25)36(51)45-31(37(52)53)21-23(2)3)42-35(50)29(14-9-7-11-20-39)43-34(49)28(13-8-6-10-19-38)41-32(47)24(4)40/h5,15-18,23-24,27-31,46H,1,6-14,19-22,38-40H2,2-4H3,(H,41,47)(H,42,50)(H,43,49)(H,44,48)(H,45,51)(H,52,53)/t24-,27-,28-,29-,30-,31-/m0/s1. The second-order valence-electron chi connectivity index (χ2n) is 13.7. The van der Waals surface area contributed by atoms with E-state index in [4.69, 9.17) is 17.2 Å². The molecule has 53 heavy (non-hydrogen) atoms. The number of carbonyl (C=O) groups excluding carboxylic acids is 5. The molecule has 6 atom stereocenters. The topological polar surface area (TPSA) is 281 Å². The third-order valence-electron chi connectivity index (χ3n) is 8.44. The molecule has 0 radical (unpaired) electrons. The fourth-order valence-electron chi connectivity index (χ4n) is 5.44. The molecule has 0 fully saturated rings. The highest BCUT2D eigenvalue weighted by molar-refractivity contribution is 5.96. The van der Waals surface area contributed by atoms with E-state index in [2.05, 4.69) is 33.2 Å². The minimum absolute atomic E-state index is 0.00525. The van der Waals surface area contributed by atoms with Crippen LogP contribution in [0.1, 0.15) is 90.5 Å². The first-order valence-electron chi connectivity index (χ1n) is 18.4. The summed E-state index contributed by atoms with van der Waals surface area (Å²) < 4.78 is 0. The number of hydrogen-bond donors (Lipinski definition) is 10. The van der Waals surface area contributed by atoms with Gasteiger partial charge in [-0.05, 0) is 82.2 Å². The number of carbonyl (C=O) groups is 6. The van der Waals surface area contributed by atoms with Gasteiger partial charge in [0.05, 0.1) is 6.04 Å². The van der Waals surface area contributed by atoms with Crippen molar-refractivity contribution in [3.63, 3.8) is 0 Å². The Morgan fingerprint density at radius 1 is 0.660 bits per heavy atom. The Labute approximate surface area is 312 Å². The highest BCUT2D eigenvalue weighted by Gasteiger charge is 2.32. The van der Waals surface area contributed by atoms with Gasteiger partial charge in [-0.2, -0.15) is 0 Å². The van der Waals surface area contributed by atoms with Gasteiger partial charge in [-0.15, -0.1) is 6.58 Å². The maximum Gasteiger partial charge on any atom is 0.326 e. The van der Waals surface area contributed by atoms with Crippen molar-refractivity contribution >= 4 is 35.5 Å². The van der Waals surface area contributed by atoms with Crippen molar-refractivity contribution in [1.82, 2.24) is 26.6 Å². The van der Waals surface area contributed by atoms with Crippen LogP contribution in [0.3, 0.4) is 0 Å². The Bertz CT molecular complexity index is 1320. The van der Waals surface area contributed by atoms with Gasteiger partial charge in [0.2, 0.25) is 29.5 Å². The fourth-order valence-corrected chi connectivity index (χ4v) is 5.44. The number of carboxylic acids is 1. The monoisotopic (exact) mass is 746 g/mol. The summed E-state index contributed by atoms with van der Waals surface area (Å²) in [5, 5.41) is 32.7. The molecule has 13 N–H and O–H groups in total. The summed E-state index contributed by atoms with van der Waals surface area (Å²) in [5.74, 6) is -4.57. The molecular formula is C37H62N8O8. The van der Waals surface area contributed by atoms with Gasteiger partial charge in [0.25, 0.3) is 0 Å². The van der Waals surface area contributed by atoms with E-state index in [-0.39, 0.29) is 43.8 Å². The maximum atomic E-state index is 13.8. The third kappa shape index (κ3) is 18.7. The highest BCUT2D eigenvalue weighted by Crippen LogP contribution is 2.14. The number of aliphatic carboxylic acids is 1. The molecular weight excluding hydrogens is 684 g/mol. The SMILES string of the molecule is C=CC[C@H](NC(=O)[C@H](CCCCCN)NC(=O)[C@H](CCCCCN)NC(=O)[C@H](C)N)C(=O)N[C@@H](Cc1ccc(O)cc1)C(=O)N[C@@H](CC(C)C)C(=O)O. The van der Waals surface area contributed by atoms with E-state index in [9.17, 15) is 39.0 Å². The Balaban J connectivity index is 3.31. The second kappa shape index (κ2) is 25.4. The molecule has 0 aromatic heterocycles. The second-order valence-corrected chi connectivity index (χ2v) is 13.7. The van der Waals surface area contributed by atoms with Crippen molar-refractivity contribution in [2.45, 2.75) is 128 Å². The van der Waals surface area contributed by atoms with Gasteiger partial charge >= 0.3 is 5.97 Å². The molecule has 0 bridgehead atoms. The quantitative estimate of drug-likeness (QED) is 0.0436. The van der Waals surface area contributed by atoms with Crippen LogP contribution in [0.25, 0.3) is 0 Å². The summed E-state index contributed by atoms with van der Waals surface area (Å²) in [7, 11) is 0. The summed E-state index contributed by atoms with van der Waals surface area (Å²) >= 11 is 0. The highest BCUT2D eigenvalue weighted by atomic mass is 16.4. The van der Waals surface area contributed by atoms with Crippen LogP contribution in [0, 0.1) is 5.92 Å². The Morgan fingerprint density at radius 2 is 1.09 bits per heavy atom. The van der Waals surface area contributed by atoms with E-state index >= 15 is 0 Å². The Hall–Kier alpha value is -4.54. The number of phenolic OH excluding ortho intramolecular Hbond substituents is 1. The van der Waals surface area contributed by atoms with Crippen LogP contribution >= 0.6 is 0 Å². The predicted octanol–water partition coefficient (Wildman–Crippen LogP) is 0.451. The van der Waals surface area contributed by atoms with Crippen LogP contribution in [0.2, 0.25) is 0 Å². The fraction of sp³-hybridized carbons (Fsp3) is 0.622. The molecule has 5 amide bonds. The number of nitrogens with one attached hydrogen (secondary N) is 5. The molecule has 16 nitrogen and oxygen atoms in total. The number of unbranched alkanes of at least 4 members (excludes halogenated alkanes) is 4. The first kappa shape index (κ1) is 46.5. The zero-order valence-corrected chi connectivity index (χ0v) is 31.4. The molecule has 0 heterocycles. The summed E-state index contributed by atoms with van der Waals surface area (Å²) in [6.07, 6.45) is 5.93. The van der Waals surface area contributed by atoms with E-state index in [0.29, 0.717) is 44.3 Å². The van der Waals surface area contributed by atoms with E-state index in [0.717, 1.165) is 12.8 Å². The molecule has 1 aromatic carbocycles. The van der Waals surface area contributed by atoms with Gasteiger partial charge in [0.1, 0.15) is 36.0 Å². The van der Waals surface area contributed by atoms with E-state index < -0.39 is 71.8 Å². The minimum atomic E-state index is -1.26. The lowest BCUT2D eigenvalue weighted by molar-refractivity contribution is -0.142. The van der Waals surface area contributed by atoms with Gasteiger partial charge in [-0.3, -0.25) is 24.0 Å². The predicted molar refractivity (Wildman–Crippen MR) is 202 cm³/mol. The lowest BCUT2D eigenvalue weighted by Gasteiger charge is -2.27. The molecule has 0 aliphatic carbocycles. The number of hydrogen-bond acceptors (Lipinski definition) is 10. The largest absolute Gasteiger partial charge is 0.508 e. The smallest absolute Gasteiger partial charge is 0.326 e. The Kier molecular flexibility index (Phi) is 22.3. The molecule has 1 rings (SSSR count). The minimum Gasteiger partial charge on any atom is -0.508 e. The van der Waals surface area contributed by atoms with Crippen molar-refractivity contribution in [2.75, 3.05) is 13.1 Å². The van der Waals surface area contributed by atoms with Crippen molar-refractivity contribution in [3.8, 4) is 5.75 Å². The van der Waals surface area contributed by atoms with Gasteiger partial charge in [0, 0.05) is 6.42 Å². The summed E-state index contributed by atoms with van der Waals surface area (Å²) in [5.41, 5.74) is 17.5. The average molecular weight is 747 g/mol. The van der Waals surface area contributed by atoms with Crippen LogP contribution in [-0.4, -0.2) is 95.1 Å². The van der Waals surface area contributed by atoms with Gasteiger partial charge in [-0.1, -0.05) is 57.7 Å². The van der Waals surface area contributed by atoms with Crippen LogP contribution in [0.15, 0.2) is 36.9 Å². The average Bonchev–Trinajstić information content (AvgIpc) is 3.10. The van der Waals surface area contributed by atoms with Crippen molar-refractivity contribution in [3.05, 3.63) is 42.5 Å². The van der Waals surface area contributed by atoms with E-state index in [1.54, 1.807) is 12.1 Å². The first-order chi connectivity index (χ1) is 25.1. The number of benzene rings is 1. The van der Waals surface area contributed by atoms with Crippen LogP contribution in [0.5, 0.6) is 5.75 Å². The van der Waals surface area contributed by atoms with Crippen LogP contribution in [0.4, 0.5) is 0 Å². The van der Waals surface area contributed by atoms with Gasteiger partial charge in [0.15, 0.2) is 0 Å².